The molecule has 0 aliphatic rings. The number of rotatable bonds is 5. The highest BCUT2D eigenvalue weighted by atomic mass is 16.5. The fourth-order valence-electron chi connectivity index (χ4n) is 1.32. The molecule has 1 rings (SSSR count). The minimum atomic E-state index is -0.212. The van der Waals surface area contributed by atoms with Crippen LogP contribution in [0.5, 0.6) is 0 Å². The number of hydrogen-bond donors (Lipinski definition) is 1. The largest absolute Gasteiger partial charge is 0.469 e. The van der Waals surface area contributed by atoms with Gasteiger partial charge in [0.15, 0.2) is 0 Å². The standard InChI is InChI=1S/C10H15NO3/c1-11-7-8(10(12)13-2)6-9-4-3-5-14-9/h3-5,8,11H,6-7H2,1-2H3. The normalized spacial score (nSPS) is 12.4. The molecule has 0 saturated heterocycles. The summed E-state index contributed by atoms with van der Waals surface area (Å²) in [7, 11) is 3.20. The summed E-state index contributed by atoms with van der Waals surface area (Å²) in [6.07, 6.45) is 2.17. The van der Waals surface area contributed by atoms with Crippen molar-refractivity contribution < 1.29 is 13.9 Å². The highest BCUT2D eigenvalue weighted by molar-refractivity contribution is 5.72. The van der Waals surface area contributed by atoms with Crippen LogP contribution in [0.3, 0.4) is 0 Å². The predicted octanol–water partition coefficient (Wildman–Crippen LogP) is 0.831. The van der Waals surface area contributed by atoms with Gasteiger partial charge in [0.25, 0.3) is 0 Å². The summed E-state index contributed by atoms with van der Waals surface area (Å²) in [5, 5.41) is 2.95. The Labute approximate surface area is 83.2 Å². The van der Waals surface area contributed by atoms with Gasteiger partial charge in [-0.2, -0.15) is 0 Å². The monoisotopic (exact) mass is 197 g/mol. The number of methoxy groups -OCH3 is 1. The average Bonchev–Trinajstić information content (AvgIpc) is 2.68. The van der Waals surface area contributed by atoms with Crippen LogP contribution in [-0.2, 0) is 16.0 Å². The van der Waals surface area contributed by atoms with Crippen molar-refractivity contribution in [2.45, 2.75) is 6.42 Å². The lowest BCUT2D eigenvalue weighted by atomic mass is 10.0. The Balaban J connectivity index is 2.55. The molecule has 4 nitrogen and oxygen atoms in total. The second-order valence-electron chi connectivity index (χ2n) is 3.06. The molecule has 0 amide bonds. The fourth-order valence-corrected chi connectivity index (χ4v) is 1.32. The molecule has 1 atom stereocenters. The topological polar surface area (TPSA) is 51.5 Å². The molecule has 0 bridgehead atoms. The third-order valence-corrected chi connectivity index (χ3v) is 2.01. The second kappa shape index (κ2) is 5.44. The summed E-state index contributed by atoms with van der Waals surface area (Å²) in [6, 6.07) is 3.66. The molecule has 1 N–H and O–H groups in total. The molecule has 0 radical (unpaired) electrons. The van der Waals surface area contributed by atoms with Crippen LogP contribution in [0.1, 0.15) is 5.76 Å². The first-order chi connectivity index (χ1) is 6.77. The van der Waals surface area contributed by atoms with Gasteiger partial charge in [-0.1, -0.05) is 0 Å². The summed E-state index contributed by atoms with van der Waals surface area (Å²) >= 11 is 0. The number of esters is 1. The molecule has 0 fully saturated rings. The van der Waals surface area contributed by atoms with E-state index in [4.69, 9.17) is 9.15 Å². The van der Waals surface area contributed by atoms with Crippen LogP contribution in [0.25, 0.3) is 0 Å². The quantitative estimate of drug-likeness (QED) is 0.710. The van der Waals surface area contributed by atoms with Crippen molar-refractivity contribution in [2.75, 3.05) is 20.7 Å². The fraction of sp³-hybridized carbons (Fsp3) is 0.500. The minimum absolute atomic E-state index is 0.184. The van der Waals surface area contributed by atoms with Crippen molar-refractivity contribution in [3.05, 3.63) is 24.2 Å². The van der Waals surface area contributed by atoms with Gasteiger partial charge in [0.2, 0.25) is 0 Å². The van der Waals surface area contributed by atoms with Gasteiger partial charge in [0.1, 0.15) is 5.76 Å². The number of hydrogen-bond acceptors (Lipinski definition) is 4. The number of carbonyl (C=O) groups excluding carboxylic acids is 1. The van der Waals surface area contributed by atoms with Crippen LogP contribution in [0.15, 0.2) is 22.8 Å². The van der Waals surface area contributed by atoms with Crippen molar-refractivity contribution in [2.24, 2.45) is 5.92 Å². The smallest absolute Gasteiger partial charge is 0.310 e. The van der Waals surface area contributed by atoms with E-state index in [2.05, 4.69) is 5.32 Å². The number of carbonyl (C=O) groups is 1. The molecule has 1 aromatic rings. The van der Waals surface area contributed by atoms with Crippen molar-refractivity contribution in [1.82, 2.24) is 5.32 Å². The van der Waals surface area contributed by atoms with E-state index >= 15 is 0 Å². The van der Waals surface area contributed by atoms with Crippen LogP contribution in [0.2, 0.25) is 0 Å². The first-order valence-electron chi connectivity index (χ1n) is 4.52. The molecule has 4 heteroatoms. The van der Waals surface area contributed by atoms with Gasteiger partial charge in [-0.15, -0.1) is 0 Å². The Hall–Kier alpha value is -1.29. The number of furan rings is 1. The maximum Gasteiger partial charge on any atom is 0.310 e. The molecule has 0 aliphatic carbocycles. The van der Waals surface area contributed by atoms with Gasteiger partial charge in [-0.05, 0) is 19.2 Å². The lowest BCUT2D eigenvalue weighted by Gasteiger charge is -2.12. The number of nitrogens with one attached hydrogen (secondary N) is 1. The van der Waals surface area contributed by atoms with E-state index in [0.29, 0.717) is 13.0 Å². The van der Waals surface area contributed by atoms with E-state index in [-0.39, 0.29) is 11.9 Å². The Morgan fingerprint density at radius 1 is 1.71 bits per heavy atom. The van der Waals surface area contributed by atoms with E-state index in [0.717, 1.165) is 5.76 Å². The van der Waals surface area contributed by atoms with E-state index in [1.165, 1.54) is 7.11 Å². The predicted molar refractivity (Wildman–Crippen MR) is 51.8 cm³/mol. The van der Waals surface area contributed by atoms with Crippen molar-refractivity contribution in [3.8, 4) is 0 Å². The molecule has 14 heavy (non-hydrogen) atoms. The summed E-state index contributed by atoms with van der Waals surface area (Å²) in [6.45, 7) is 0.591. The zero-order valence-electron chi connectivity index (χ0n) is 8.45. The molecule has 0 saturated carbocycles. The van der Waals surface area contributed by atoms with E-state index < -0.39 is 0 Å². The van der Waals surface area contributed by atoms with Crippen LogP contribution < -0.4 is 5.32 Å². The highest BCUT2D eigenvalue weighted by Crippen LogP contribution is 2.10. The van der Waals surface area contributed by atoms with Gasteiger partial charge in [0.05, 0.1) is 19.3 Å². The molecule has 1 unspecified atom stereocenters. The van der Waals surface area contributed by atoms with Gasteiger partial charge in [-0.25, -0.2) is 0 Å². The zero-order valence-corrected chi connectivity index (χ0v) is 8.45. The van der Waals surface area contributed by atoms with Crippen LogP contribution in [-0.4, -0.2) is 26.7 Å². The third kappa shape index (κ3) is 2.88. The van der Waals surface area contributed by atoms with Crippen LogP contribution in [0, 0.1) is 5.92 Å². The van der Waals surface area contributed by atoms with Crippen LogP contribution in [0.4, 0.5) is 0 Å². The molecule has 1 aromatic heterocycles. The van der Waals surface area contributed by atoms with Crippen molar-refractivity contribution in [1.29, 1.82) is 0 Å². The zero-order chi connectivity index (χ0) is 10.4. The summed E-state index contributed by atoms with van der Waals surface area (Å²) in [4.78, 5) is 11.3. The maximum absolute atomic E-state index is 11.3. The van der Waals surface area contributed by atoms with E-state index in [1.54, 1.807) is 13.3 Å². The SMILES string of the molecule is CNCC(Cc1ccco1)C(=O)OC. The highest BCUT2D eigenvalue weighted by Gasteiger charge is 2.19. The molecule has 0 aliphatic heterocycles. The molecular weight excluding hydrogens is 182 g/mol. The van der Waals surface area contributed by atoms with Crippen molar-refractivity contribution in [3.63, 3.8) is 0 Å². The summed E-state index contributed by atoms with van der Waals surface area (Å²) in [5.41, 5.74) is 0. The Morgan fingerprint density at radius 3 is 3.00 bits per heavy atom. The van der Waals surface area contributed by atoms with Gasteiger partial charge in [-0.3, -0.25) is 4.79 Å². The molecule has 0 spiro atoms. The average molecular weight is 197 g/mol. The first-order valence-corrected chi connectivity index (χ1v) is 4.52. The van der Waals surface area contributed by atoms with Crippen molar-refractivity contribution >= 4 is 5.97 Å². The van der Waals surface area contributed by atoms with E-state index in [9.17, 15) is 4.79 Å². The molecule has 78 valence electrons. The van der Waals surface area contributed by atoms with Gasteiger partial charge in [0, 0.05) is 13.0 Å². The minimum Gasteiger partial charge on any atom is -0.469 e. The first kappa shape index (κ1) is 10.8. The van der Waals surface area contributed by atoms with E-state index in [1.807, 2.05) is 12.1 Å². The maximum atomic E-state index is 11.3. The Kier molecular flexibility index (Phi) is 4.19. The third-order valence-electron chi connectivity index (χ3n) is 2.01. The summed E-state index contributed by atoms with van der Waals surface area (Å²) < 4.78 is 9.86. The van der Waals surface area contributed by atoms with Gasteiger partial charge < -0.3 is 14.5 Å². The molecular formula is C10H15NO3. The molecule has 0 aromatic carbocycles. The summed E-state index contributed by atoms with van der Waals surface area (Å²) in [5.74, 6) is 0.405. The van der Waals surface area contributed by atoms with Crippen LogP contribution >= 0.6 is 0 Å². The van der Waals surface area contributed by atoms with Gasteiger partial charge >= 0.3 is 5.97 Å². The Morgan fingerprint density at radius 2 is 2.50 bits per heavy atom. The lowest BCUT2D eigenvalue weighted by Crippen LogP contribution is -2.28. The second-order valence-corrected chi connectivity index (χ2v) is 3.06. The Bertz CT molecular complexity index is 269. The lowest BCUT2D eigenvalue weighted by molar-refractivity contribution is -0.145. The molecule has 1 heterocycles. The number of ether oxygens (including phenoxy) is 1.